The molecule has 0 aliphatic carbocycles. The van der Waals surface area contributed by atoms with Gasteiger partial charge in [0.05, 0.1) is 13.2 Å². The highest BCUT2D eigenvalue weighted by molar-refractivity contribution is 5.92. The number of carbonyl (C=O) groups is 1. The highest BCUT2D eigenvalue weighted by Crippen LogP contribution is 2.15. The van der Waals surface area contributed by atoms with Crippen LogP contribution in [0.5, 0.6) is 0 Å². The Kier molecular flexibility index (Phi) is 7.36. The number of nitrogens with one attached hydrogen (secondary N) is 1. The lowest BCUT2D eigenvalue weighted by Crippen LogP contribution is -2.20. The summed E-state index contributed by atoms with van der Waals surface area (Å²) in [6.45, 7) is 2.56. The van der Waals surface area contributed by atoms with Crippen LogP contribution in [0.4, 0.5) is 5.69 Å². The molecule has 0 spiro atoms. The van der Waals surface area contributed by atoms with E-state index in [2.05, 4.69) is 17.2 Å². The lowest BCUT2D eigenvalue weighted by Gasteiger charge is -2.09. The van der Waals surface area contributed by atoms with Crippen molar-refractivity contribution in [1.29, 1.82) is 0 Å². The van der Waals surface area contributed by atoms with Crippen molar-refractivity contribution in [2.45, 2.75) is 6.92 Å². The van der Waals surface area contributed by atoms with E-state index in [0.717, 1.165) is 16.8 Å². The number of hydrogen-bond donors (Lipinski definition) is 2. The highest BCUT2D eigenvalue weighted by Gasteiger charge is 2.05. The van der Waals surface area contributed by atoms with Gasteiger partial charge in [0.2, 0.25) is 5.91 Å². The van der Waals surface area contributed by atoms with Crippen LogP contribution >= 0.6 is 0 Å². The second-order valence-corrected chi connectivity index (χ2v) is 4.08. The minimum atomic E-state index is -0.210. The van der Waals surface area contributed by atoms with E-state index in [0.29, 0.717) is 13.2 Å². The van der Waals surface area contributed by atoms with Crippen molar-refractivity contribution in [2.75, 3.05) is 38.9 Å². The Morgan fingerprint density at radius 3 is 2.85 bits per heavy atom. The first-order valence-electron chi connectivity index (χ1n) is 6.24. The van der Waals surface area contributed by atoms with Crippen LogP contribution in [0.2, 0.25) is 0 Å². The minimum Gasteiger partial charge on any atom is -0.384 e. The van der Waals surface area contributed by atoms with Gasteiger partial charge in [-0.25, -0.2) is 0 Å². The van der Waals surface area contributed by atoms with Crippen LogP contribution in [-0.4, -0.2) is 44.6 Å². The molecule has 1 aromatic rings. The molecule has 0 atom stereocenters. The predicted molar refractivity (Wildman–Crippen MR) is 76.5 cm³/mol. The van der Waals surface area contributed by atoms with Gasteiger partial charge in [0, 0.05) is 18.4 Å². The van der Waals surface area contributed by atoms with Crippen LogP contribution in [-0.2, 0) is 14.3 Å². The van der Waals surface area contributed by atoms with Crippen molar-refractivity contribution in [3.63, 3.8) is 0 Å². The van der Waals surface area contributed by atoms with Gasteiger partial charge in [-0.05, 0) is 30.7 Å². The van der Waals surface area contributed by atoms with Crippen LogP contribution in [0.1, 0.15) is 11.1 Å². The highest BCUT2D eigenvalue weighted by atomic mass is 16.5. The number of hydrogen-bond acceptors (Lipinski definition) is 4. The first-order valence-corrected chi connectivity index (χ1v) is 6.24. The maximum absolute atomic E-state index is 11.6. The molecule has 0 aromatic heterocycles. The summed E-state index contributed by atoms with van der Waals surface area (Å²) in [4.78, 5) is 11.6. The van der Waals surface area contributed by atoms with Crippen LogP contribution in [0, 0.1) is 18.8 Å². The van der Waals surface area contributed by atoms with Crippen molar-refractivity contribution in [2.24, 2.45) is 0 Å². The monoisotopic (exact) mass is 277 g/mol. The largest absolute Gasteiger partial charge is 0.384 e. The maximum atomic E-state index is 11.6. The number of benzene rings is 1. The van der Waals surface area contributed by atoms with E-state index in [9.17, 15) is 4.79 Å². The molecule has 0 unspecified atom stereocenters. The quantitative estimate of drug-likeness (QED) is 0.600. The first kappa shape index (κ1) is 16.2. The van der Waals surface area contributed by atoms with Gasteiger partial charge in [-0.3, -0.25) is 4.79 Å². The van der Waals surface area contributed by atoms with E-state index in [-0.39, 0.29) is 19.1 Å². The van der Waals surface area contributed by atoms with E-state index in [1.807, 2.05) is 13.0 Å². The molecule has 1 rings (SSSR count). The van der Waals surface area contributed by atoms with Crippen molar-refractivity contribution in [3.8, 4) is 11.8 Å². The average molecular weight is 277 g/mol. The normalized spacial score (nSPS) is 9.75. The average Bonchev–Trinajstić information content (AvgIpc) is 2.44. The zero-order valence-corrected chi connectivity index (χ0v) is 11.7. The fraction of sp³-hybridized carbons (Fsp3) is 0.400. The van der Waals surface area contributed by atoms with Crippen molar-refractivity contribution < 1.29 is 19.4 Å². The molecule has 0 bridgehead atoms. The molecule has 0 heterocycles. The van der Waals surface area contributed by atoms with Crippen molar-refractivity contribution >= 4 is 11.6 Å². The Morgan fingerprint density at radius 1 is 1.40 bits per heavy atom. The maximum Gasteiger partial charge on any atom is 0.250 e. The Balaban J connectivity index is 2.53. The summed E-state index contributed by atoms with van der Waals surface area (Å²) in [6.07, 6.45) is 0. The molecule has 5 nitrogen and oxygen atoms in total. The van der Waals surface area contributed by atoms with Gasteiger partial charge in [0.1, 0.15) is 13.2 Å². The van der Waals surface area contributed by atoms with Crippen LogP contribution in [0.15, 0.2) is 18.2 Å². The molecule has 0 aliphatic heterocycles. The standard InChI is InChI=1S/C15H19NO4/c1-12-10-13(4-3-7-17)5-6-14(12)16-15(18)11-20-9-8-19-2/h5-6,10,17H,7-9,11H2,1-2H3,(H,16,18). The molecule has 2 N–H and O–H groups in total. The van der Waals surface area contributed by atoms with Gasteiger partial charge < -0.3 is 19.9 Å². The summed E-state index contributed by atoms with van der Waals surface area (Å²) >= 11 is 0. The molecule has 1 aromatic carbocycles. The third-order valence-corrected chi connectivity index (χ3v) is 2.48. The smallest absolute Gasteiger partial charge is 0.250 e. The summed E-state index contributed by atoms with van der Waals surface area (Å²) < 4.78 is 9.96. The van der Waals surface area contributed by atoms with Crippen molar-refractivity contribution in [1.82, 2.24) is 0 Å². The van der Waals surface area contributed by atoms with Gasteiger partial charge in [-0.15, -0.1) is 0 Å². The molecule has 108 valence electrons. The third-order valence-electron chi connectivity index (χ3n) is 2.48. The number of methoxy groups -OCH3 is 1. The Morgan fingerprint density at radius 2 is 2.20 bits per heavy atom. The summed E-state index contributed by atoms with van der Waals surface area (Å²) in [5.74, 6) is 5.18. The molecule has 0 fully saturated rings. The van der Waals surface area contributed by atoms with E-state index >= 15 is 0 Å². The lowest BCUT2D eigenvalue weighted by molar-refractivity contribution is -0.121. The van der Waals surface area contributed by atoms with Gasteiger partial charge in [0.25, 0.3) is 0 Å². The zero-order valence-electron chi connectivity index (χ0n) is 11.7. The minimum absolute atomic E-state index is 0.00509. The van der Waals surface area contributed by atoms with Gasteiger partial charge in [-0.1, -0.05) is 11.8 Å². The number of aliphatic hydroxyl groups is 1. The number of amides is 1. The number of aliphatic hydroxyl groups excluding tert-OH is 1. The fourth-order valence-electron chi connectivity index (χ4n) is 1.52. The van der Waals surface area contributed by atoms with Crippen LogP contribution < -0.4 is 5.32 Å². The number of rotatable bonds is 6. The third kappa shape index (κ3) is 5.85. The van der Waals surface area contributed by atoms with Gasteiger partial charge in [-0.2, -0.15) is 0 Å². The van der Waals surface area contributed by atoms with E-state index in [4.69, 9.17) is 14.6 Å². The van der Waals surface area contributed by atoms with Crippen LogP contribution in [0.25, 0.3) is 0 Å². The first-order chi connectivity index (χ1) is 9.67. The fourth-order valence-corrected chi connectivity index (χ4v) is 1.52. The number of carbonyl (C=O) groups excluding carboxylic acids is 1. The summed E-state index contributed by atoms with van der Waals surface area (Å²) in [7, 11) is 1.58. The molecule has 0 radical (unpaired) electrons. The molecule has 0 saturated carbocycles. The number of aryl methyl sites for hydroxylation is 1. The van der Waals surface area contributed by atoms with Gasteiger partial charge in [0.15, 0.2) is 0 Å². The Hall–Kier alpha value is -1.87. The van der Waals surface area contributed by atoms with Crippen LogP contribution in [0.3, 0.4) is 0 Å². The SMILES string of the molecule is COCCOCC(=O)Nc1ccc(C#CCO)cc1C. The molecule has 20 heavy (non-hydrogen) atoms. The second kappa shape index (κ2) is 9.10. The summed E-state index contributed by atoms with van der Waals surface area (Å²) in [6, 6.07) is 5.42. The molecule has 5 heteroatoms. The number of ether oxygens (including phenoxy) is 2. The molecule has 1 amide bonds. The molecular formula is C15H19NO4. The van der Waals surface area contributed by atoms with E-state index in [1.165, 1.54) is 0 Å². The zero-order chi connectivity index (χ0) is 14.8. The molecule has 0 saturated heterocycles. The predicted octanol–water partition coefficient (Wildman–Crippen LogP) is 0.940. The topological polar surface area (TPSA) is 67.8 Å². The summed E-state index contributed by atoms with van der Waals surface area (Å²) in [5.41, 5.74) is 2.42. The second-order valence-electron chi connectivity index (χ2n) is 4.08. The lowest BCUT2D eigenvalue weighted by atomic mass is 10.1. The molecular weight excluding hydrogens is 258 g/mol. The van der Waals surface area contributed by atoms with Gasteiger partial charge >= 0.3 is 0 Å². The Bertz CT molecular complexity index is 502. The molecule has 0 aliphatic rings. The van der Waals surface area contributed by atoms with E-state index in [1.54, 1.807) is 19.2 Å². The van der Waals surface area contributed by atoms with Crippen molar-refractivity contribution in [3.05, 3.63) is 29.3 Å². The summed E-state index contributed by atoms with van der Waals surface area (Å²) in [5, 5.41) is 11.4. The Labute approximate surface area is 118 Å². The van der Waals surface area contributed by atoms with E-state index < -0.39 is 0 Å². The number of anilines is 1.